The third kappa shape index (κ3) is 2.75. The number of carbonyl (C=O) groups is 1. The number of nitrogens with one attached hydrogen (secondary N) is 1. The summed E-state index contributed by atoms with van der Waals surface area (Å²) in [5.41, 5.74) is 1.19. The molecule has 0 radical (unpaired) electrons. The summed E-state index contributed by atoms with van der Waals surface area (Å²) in [4.78, 5) is 11.1. The van der Waals surface area contributed by atoms with E-state index in [-0.39, 0.29) is 5.56 Å². The van der Waals surface area contributed by atoms with Crippen molar-refractivity contribution in [3.63, 3.8) is 0 Å². The number of anilines is 2. The number of aromatic carboxylic acids is 1. The second-order valence-corrected chi connectivity index (χ2v) is 4.44. The molecule has 0 aliphatic carbocycles. The molecule has 0 heterocycles. The normalized spacial score (nSPS) is 10.1. The van der Waals surface area contributed by atoms with Gasteiger partial charge in [-0.1, -0.05) is 35.3 Å². The van der Waals surface area contributed by atoms with Crippen LogP contribution in [-0.2, 0) is 0 Å². The number of carboxylic acid groups (broad SMARTS) is 1. The molecule has 0 saturated heterocycles. The van der Waals surface area contributed by atoms with Gasteiger partial charge < -0.3 is 10.4 Å². The Hall–Kier alpha value is -1.71. The first-order chi connectivity index (χ1) is 8.58. The van der Waals surface area contributed by atoms with Crippen molar-refractivity contribution in [3.8, 4) is 0 Å². The maximum Gasteiger partial charge on any atom is 0.337 e. The third-order valence-corrected chi connectivity index (χ3v) is 2.92. The number of hydrogen-bond acceptors (Lipinski definition) is 2. The molecule has 0 unspecified atom stereocenters. The van der Waals surface area contributed by atoms with E-state index in [2.05, 4.69) is 5.32 Å². The lowest BCUT2D eigenvalue weighted by molar-refractivity contribution is 0.0698. The summed E-state index contributed by atoms with van der Waals surface area (Å²) in [6.07, 6.45) is 0. The zero-order chi connectivity index (χ0) is 13.1. The molecule has 18 heavy (non-hydrogen) atoms. The number of carboxylic acids is 1. The summed E-state index contributed by atoms with van der Waals surface area (Å²) in [5.74, 6) is -1.05. The first kappa shape index (κ1) is 12.7. The number of para-hydroxylation sites is 1. The minimum Gasteiger partial charge on any atom is -0.478 e. The Morgan fingerprint density at radius 3 is 2.44 bits per heavy atom. The molecule has 2 aromatic carbocycles. The van der Waals surface area contributed by atoms with Crippen LogP contribution in [0.1, 0.15) is 10.4 Å². The third-order valence-electron chi connectivity index (χ3n) is 2.36. The molecule has 5 heteroatoms. The Labute approximate surface area is 114 Å². The van der Waals surface area contributed by atoms with E-state index in [0.29, 0.717) is 21.4 Å². The first-order valence-electron chi connectivity index (χ1n) is 5.12. The fraction of sp³-hybridized carbons (Fsp3) is 0. The lowest BCUT2D eigenvalue weighted by Gasteiger charge is -2.11. The smallest absolute Gasteiger partial charge is 0.337 e. The molecule has 0 spiro atoms. The minimum atomic E-state index is -1.05. The fourth-order valence-corrected chi connectivity index (χ4v) is 1.87. The molecule has 0 aromatic heterocycles. The zero-order valence-electron chi connectivity index (χ0n) is 9.15. The van der Waals surface area contributed by atoms with E-state index >= 15 is 0 Å². The van der Waals surface area contributed by atoms with E-state index in [1.54, 1.807) is 30.3 Å². The molecule has 0 aliphatic rings. The minimum absolute atomic E-state index is 0.0995. The molecule has 0 aliphatic heterocycles. The van der Waals surface area contributed by atoms with Crippen LogP contribution in [0.3, 0.4) is 0 Å². The predicted molar refractivity (Wildman–Crippen MR) is 73.1 cm³/mol. The number of benzene rings is 2. The van der Waals surface area contributed by atoms with Gasteiger partial charge in [-0.25, -0.2) is 4.79 Å². The van der Waals surface area contributed by atoms with E-state index in [4.69, 9.17) is 28.3 Å². The monoisotopic (exact) mass is 281 g/mol. The summed E-state index contributed by atoms with van der Waals surface area (Å²) in [7, 11) is 0. The van der Waals surface area contributed by atoms with Crippen LogP contribution >= 0.6 is 23.2 Å². The Bertz CT molecular complexity index is 599. The number of halogens is 2. The average molecular weight is 282 g/mol. The van der Waals surface area contributed by atoms with Crippen LogP contribution in [0.4, 0.5) is 11.4 Å². The molecule has 3 nitrogen and oxygen atoms in total. The molecule has 2 N–H and O–H groups in total. The van der Waals surface area contributed by atoms with Gasteiger partial charge in [-0.2, -0.15) is 0 Å². The van der Waals surface area contributed by atoms with Gasteiger partial charge in [0.2, 0.25) is 0 Å². The van der Waals surface area contributed by atoms with Crippen molar-refractivity contribution in [1.82, 2.24) is 0 Å². The highest BCUT2D eigenvalue weighted by Gasteiger charge is 2.11. The lowest BCUT2D eigenvalue weighted by Crippen LogP contribution is -2.02. The van der Waals surface area contributed by atoms with Crippen LogP contribution < -0.4 is 5.32 Å². The molecule has 0 saturated carbocycles. The number of rotatable bonds is 3. The first-order valence-corrected chi connectivity index (χ1v) is 5.88. The van der Waals surface area contributed by atoms with Gasteiger partial charge in [-0.15, -0.1) is 0 Å². The highest BCUT2D eigenvalue weighted by molar-refractivity contribution is 6.33. The molecule has 0 fully saturated rings. The Morgan fingerprint density at radius 2 is 1.78 bits per heavy atom. The SMILES string of the molecule is O=C(O)c1cc(Cl)ccc1Nc1ccccc1Cl. The molecular formula is C13H9Cl2NO2. The van der Waals surface area contributed by atoms with Crippen LogP contribution in [0.25, 0.3) is 0 Å². The highest BCUT2D eigenvalue weighted by Crippen LogP contribution is 2.28. The van der Waals surface area contributed by atoms with E-state index in [9.17, 15) is 4.79 Å². The van der Waals surface area contributed by atoms with Crippen molar-refractivity contribution in [1.29, 1.82) is 0 Å². The van der Waals surface area contributed by atoms with Crippen molar-refractivity contribution in [2.24, 2.45) is 0 Å². The molecule has 0 bridgehead atoms. The maximum atomic E-state index is 11.1. The summed E-state index contributed by atoms with van der Waals surface area (Å²) in [6, 6.07) is 11.7. The van der Waals surface area contributed by atoms with Gasteiger partial charge in [0.15, 0.2) is 0 Å². The average Bonchev–Trinajstić information content (AvgIpc) is 2.34. The predicted octanol–water partition coefficient (Wildman–Crippen LogP) is 4.44. The number of hydrogen-bond donors (Lipinski definition) is 2. The van der Waals surface area contributed by atoms with Gasteiger partial charge in [-0.05, 0) is 30.3 Å². The van der Waals surface area contributed by atoms with Gasteiger partial charge in [0.1, 0.15) is 0 Å². The van der Waals surface area contributed by atoms with E-state index in [1.165, 1.54) is 6.07 Å². The van der Waals surface area contributed by atoms with E-state index in [1.807, 2.05) is 6.07 Å². The van der Waals surface area contributed by atoms with Gasteiger partial charge in [0, 0.05) is 5.02 Å². The van der Waals surface area contributed by atoms with Crippen LogP contribution in [0.2, 0.25) is 10.0 Å². The summed E-state index contributed by atoms with van der Waals surface area (Å²) >= 11 is 11.8. The van der Waals surface area contributed by atoms with Crippen molar-refractivity contribution in [2.45, 2.75) is 0 Å². The van der Waals surface area contributed by atoms with Crippen LogP contribution in [0, 0.1) is 0 Å². The molecular weight excluding hydrogens is 273 g/mol. The quantitative estimate of drug-likeness (QED) is 0.875. The maximum absolute atomic E-state index is 11.1. The summed E-state index contributed by atoms with van der Waals surface area (Å²) in [5, 5.41) is 13.0. The van der Waals surface area contributed by atoms with Gasteiger partial charge in [0.05, 0.1) is 22.0 Å². The standard InChI is InChI=1S/C13H9Cl2NO2/c14-8-5-6-11(9(7-8)13(17)18)16-12-4-2-1-3-10(12)15/h1-7,16H,(H,17,18). The highest BCUT2D eigenvalue weighted by atomic mass is 35.5. The van der Waals surface area contributed by atoms with Crippen LogP contribution in [-0.4, -0.2) is 11.1 Å². The second-order valence-electron chi connectivity index (χ2n) is 3.60. The Kier molecular flexibility index (Phi) is 3.75. The molecule has 0 atom stereocenters. The van der Waals surface area contributed by atoms with Gasteiger partial charge in [0.25, 0.3) is 0 Å². The van der Waals surface area contributed by atoms with E-state index in [0.717, 1.165) is 0 Å². The fourth-order valence-electron chi connectivity index (χ4n) is 1.51. The molecule has 0 amide bonds. The van der Waals surface area contributed by atoms with Crippen molar-refractivity contribution >= 4 is 40.5 Å². The van der Waals surface area contributed by atoms with Crippen molar-refractivity contribution < 1.29 is 9.90 Å². The van der Waals surface area contributed by atoms with Gasteiger partial charge in [-0.3, -0.25) is 0 Å². The zero-order valence-corrected chi connectivity index (χ0v) is 10.7. The van der Waals surface area contributed by atoms with Crippen molar-refractivity contribution in [3.05, 3.63) is 58.1 Å². The van der Waals surface area contributed by atoms with E-state index < -0.39 is 5.97 Å². The lowest BCUT2D eigenvalue weighted by atomic mass is 10.1. The Morgan fingerprint density at radius 1 is 1.06 bits per heavy atom. The summed E-state index contributed by atoms with van der Waals surface area (Å²) in [6.45, 7) is 0. The molecule has 92 valence electrons. The van der Waals surface area contributed by atoms with Crippen molar-refractivity contribution in [2.75, 3.05) is 5.32 Å². The van der Waals surface area contributed by atoms with Crippen LogP contribution in [0.5, 0.6) is 0 Å². The van der Waals surface area contributed by atoms with Gasteiger partial charge >= 0.3 is 5.97 Å². The molecule has 2 rings (SSSR count). The largest absolute Gasteiger partial charge is 0.478 e. The van der Waals surface area contributed by atoms with Crippen LogP contribution in [0.15, 0.2) is 42.5 Å². The molecule has 2 aromatic rings. The topological polar surface area (TPSA) is 49.3 Å². The Balaban J connectivity index is 2.41. The summed E-state index contributed by atoms with van der Waals surface area (Å²) < 4.78 is 0. The second kappa shape index (κ2) is 5.29.